The normalized spacial score (nSPS) is 12.2. The quantitative estimate of drug-likeness (QED) is 0.209. The van der Waals surface area contributed by atoms with E-state index < -0.39 is 0 Å². The van der Waals surface area contributed by atoms with Gasteiger partial charge in [-0.05, 0) is 0 Å². The zero-order valence-corrected chi connectivity index (χ0v) is 20.9. The molecule has 0 unspecified atom stereocenters. The average Bonchev–Trinajstić information content (AvgIpc) is 2.58. The first kappa shape index (κ1) is 25.3. The topological polar surface area (TPSA) is 44.8 Å². The molecule has 5 heteroatoms. The van der Waals surface area contributed by atoms with Crippen LogP contribution in [-0.2, 0) is 25.1 Å². The molecule has 160 valence electrons. The molecule has 1 rings (SSSR count). The second kappa shape index (κ2) is 10.9. The third-order valence-electron chi connectivity index (χ3n) is 4.08. The van der Waals surface area contributed by atoms with Crippen molar-refractivity contribution in [1.82, 2.24) is 0 Å². The Morgan fingerprint density at radius 3 is 2.31 bits per heavy atom. The monoisotopic (exact) mass is 466 g/mol. The minimum atomic E-state index is -0.360. The molecule has 0 radical (unpaired) electrons. The van der Waals surface area contributed by atoms with E-state index in [1.165, 1.54) is 11.6 Å². The van der Waals surface area contributed by atoms with Crippen molar-refractivity contribution in [2.75, 3.05) is 20.5 Å². The summed E-state index contributed by atoms with van der Waals surface area (Å²) in [5, 5.41) is 0. The van der Waals surface area contributed by atoms with E-state index >= 15 is 0 Å². The van der Waals surface area contributed by atoms with Gasteiger partial charge < -0.3 is 0 Å². The van der Waals surface area contributed by atoms with Crippen molar-refractivity contribution in [1.29, 1.82) is 0 Å². The molecule has 0 fully saturated rings. The maximum absolute atomic E-state index is 11.6. The Morgan fingerprint density at radius 1 is 1.14 bits per heavy atom. The molecule has 0 amide bonds. The third kappa shape index (κ3) is 8.26. The van der Waals surface area contributed by atoms with E-state index in [0.717, 1.165) is 15.8 Å². The number of benzene rings is 1. The van der Waals surface area contributed by atoms with Gasteiger partial charge in [0.2, 0.25) is 0 Å². The van der Waals surface area contributed by atoms with E-state index in [9.17, 15) is 4.79 Å². The van der Waals surface area contributed by atoms with Crippen LogP contribution in [0.3, 0.4) is 0 Å². The van der Waals surface area contributed by atoms with Crippen molar-refractivity contribution < 1.29 is 19.0 Å². The number of ether oxygens (including phenoxy) is 3. The summed E-state index contributed by atoms with van der Waals surface area (Å²) in [7, 11) is 1.62. The second-order valence-electron chi connectivity index (χ2n) is 8.81. The van der Waals surface area contributed by atoms with Crippen molar-refractivity contribution in [2.45, 2.75) is 66.2 Å². The van der Waals surface area contributed by atoms with Gasteiger partial charge in [-0.3, -0.25) is 0 Å². The summed E-state index contributed by atoms with van der Waals surface area (Å²) in [4.78, 5) is 14.8. The number of hydrogen-bond donors (Lipinski definition) is 0. The number of allylic oxidation sites excluding steroid dienone is 1. The second-order valence-corrected chi connectivity index (χ2v) is 10.6. The molecular weight excluding hydrogens is 431 g/mol. The van der Waals surface area contributed by atoms with Crippen LogP contribution < -0.4 is 9.20 Å². The summed E-state index contributed by atoms with van der Waals surface area (Å²) in [6, 6.07) is 4.43. The van der Waals surface area contributed by atoms with Crippen LogP contribution >= 0.6 is 0 Å². The summed E-state index contributed by atoms with van der Waals surface area (Å²) in [6.07, 6.45) is 1.43. The molecule has 4 nitrogen and oxygen atoms in total. The summed E-state index contributed by atoms with van der Waals surface area (Å²) in [6.45, 7) is 17.3. The van der Waals surface area contributed by atoms with E-state index in [0.29, 0.717) is 12.2 Å². The molecule has 0 atom stereocenters. The number of methoxy groups -OCH3 is 1. The van der Waals surface area contributed by atoms with E-state index in [1.54, 1.807) is 14.0 Å². The van der Waals surface area contributed by atoms with Crippen molar-refractivity contribution >= 4 is 25.4 Å². The number of carbonyl (C=O) groups excluding carboxylic acids is 1. The molecule has 0 bridgehead atoms. The van der Waals surface area contributed by atoms with E-state index in [1.807, 2.05) is 6.92 Å². The summed E-state index contributed by atoms with van der Waals surface area (Å²) >= 11 is -0.145. The third-order valence-corrected chi connectivity index (χ3v) is 5.61. The SMILES string of the molecule is CCOC(=O)C=C(C)C#C[Se]c1cc(C(C)(C)C)cc(C(C)(C)C)c1OCOC. The Labute approximate surface area is 182 Å². The molecule has 0 aliphatic rings. The van der Waals surface area contributed by atoms with Crippen molar-refractivity contribution in [3.8, 4) is 16.5 Å². The summed E-state index contributed by atoms with van der Waals surface area (Å²) in [5.41, 5.74) is 3.02. The fraction of sp³-hybridized carbons (Fsp3) is 0.542. The average molecular weight is 465 g/mol. The van der Waals surface area contributed by atoms with Gasteiger partial charge >= 0.3 is 183 Å². The van der Waals surface area contributed by atoms with Crippen LogP contribution in [-0.4, -0.2) is 41.4 Å². The van der Waals surface area contributed by atoms with E-state index in [-0.39, 0.29) is 38.5 Å². The summed E-state index contributed by atoms with van der Waals surface area (Å²) in [5.74, 6) is 3.57. The predicted molar refractivity (Wildman–Crippen MR) is 120 cm³/mol. The first-order chi connectivity index (χ1) is 13.4. The Kier molecular flexibility index (Phi) is 9.49. The van der Waals surface area contributed by atoms with Gasteiger partial charge in [0.1, 0.15) is 0 Å². The van der Waals surface area contributed by atoms with Crippen LogP contribution in [0.1, 0.15) is 66.5 Å². The molecule has 0 saturated heterocycles. The molecule has 0 aliphatic carbocycles. The first-order valence-corrected chi connectivity index (χ1v) is 11.4. The Balaban J connectivity index is 3.39. The fourth-order valence-corrected chi connectivity index (χ4v) is 4.11. The van der Waals surface area contributed by atoms with Crippen molar-refractivity contribution in [2.24, 2.45) is 0 Å². The van der Waals surface area contributed by atoms with Gasteiger partial charge in [-0.1, -0.05) is 0 Å². The minimum absolute atomic E-state index is 0.0117. The Bertz CT molecular complexity index is 799. The molecule has 29 heavy (non-hydrogen) atoms. The zero-order valence-electron chi connectivity index (χ0n) is 19.2. The van der Waals surface area contributed by atoms with Gasteiger partial charge in [0.05, 0.1) is 0 Å². The fourth-order valence-electron chi connectivity index (χ4n) is 2.49. The molecule has 0 aliphatic heterocycles. The van der Waals surface area contributed by atoms with Crippen LogP contribution in [0.25, 0.3) is 0 Å². The van der Waals surface area contributed by atoms with Crippen LogP contribution in [0, 0.1) is 10.7 Å². The molecule has 0 spiro atoms. The van der Waals surface area contributed by atoms with E-state index in [4.69, 9.17) is 14.2 Å². The zero-order chi connectivity index (χ0) is 22.2. The predicted octanol–water partition coefficient (Wildman–Crippen LogP) is 4.06. The van der Waals surface area contributed by atoms with Crippen molar-refractivity contribution in [3.05, 3.63) is 34.9 Å². The maximum atomic E-state index is 11.6. The van der Waals surface area contributed by atoms with Gasteiger partial charge in [-0.2, -0.15) is 0 Å². The van der Waals surface area contributed by atoms with Crippen LogP contribution in [0.5, 0.6) is 5.75 Å². The standard InChI is InChI=1S/C24H34O4Se/c1-10-27-21(25)13-17(2)11-12-29-20-15-18(23(3,4)5)14-19(24(6,7)8)22(20)28-16-26-9/h13-15H,10,16H2,1-9H3. The molecule has 0 N–H and O–H groups in total. The Morgan fingerprint density at radius 2 is 1.79 bits per heavy atom. The van der Waals surface area contributed by atoms with Crippen LogP contribution in [0.4, 0.5) is 0 Å². The van der Waals surface area contributed by atoms with E-state index in [2.05, 4.69) is 64.4 Å². The summed E-state index contributed by atoms with van der Waals surface area (Å²) < 4.78 is 17.2. The number of rotatable bonds is 6. The van der Waals surface area contributed by atoms with Crippen LogP contribution in [0.2, 0.25) is 0 Å². The van der Waals surface area contributed by atoms with Crippen LogP contribution in [0.15, 0.2) is 23.8 Å². The van der Waals surface area contributed by atoms with Gasteiger partial charge in [0.15, 0.2) is 0 Å². The van der Waals surface area contributed by atoms with Gasteiger partial charge in [-0.25, -0.2) is 0 Å². The first-order valence-electron chi connectivity index (χ1n) is 9.73. The number of esters is 1. The molecule has 0 heterocycles. The number of hydrogen-bond acceptors (Lipinski definition) is 4. The van der Waals surface area contributed by atoms with Gasteiger partial charge in [0.25, 0.3) is 0 Å². The molecule has 1 aromatic rings. The van der Waals surface area contributed by atoms with Gasteiger partial charge in [-0.15, -0.1) is 0 Å². The molecule has 0 saturated carbocycles. The van der Waals surface area contributed by atoms with Crippen molar-refractivity contribution in [3.63, 3.8) is 0 Å². The Hall–Kier alpha value is -1.73. The molecule has 0 aromatic heterocycles. The molecular formula is C24H34O4Se. The number of carbonyl (C=O) groups is 1. The molecule has 1 aromatic carbocycles. The van der Waals surface area contributed by atoms with Gasteiger partial charge in [0, 0.05) is 0 Å².